The second-order valence-electron chi connectivity index (χ2n) is 5.96. The summed E-state index contributed by atoms with van der Waals surface area (Å²) < 4.78 is 0. The maximum atomic E-state index is 10.3. The summed E-state index contributed by atoms with van der Waals surface area (Å²) in [5.41, 5.74) is 6.00. The van der Waals surface area contributed by atoms with Gasteiger partial charge in [-0.2, -0.15) is 9.98 Å². The van der Waals surface area contributed by atoms with Crippen LogP contribution in [0.3, 0.4) is 0 Å². The second kappa shape index (κ2) is 11.5. The molecule has 0 heterocycles. The largest absolute Gasteiger partial charge is 0.240 e. The van der Waals surface area contributed by atoms with Gasteiger partial charge < -0.3 is 0 Å². The first-order valence-electron chi connectivity index (χ1n) is 8.64. The SMILES string of the molecule is N=C=O.O=C=Nc1ccc(Cc2ccccc2Cc2ccc(N=C=O)cc2)cc1. The monoisotopic (exact) mass is 383 g/mol. The van der Waals surface area contributed by atoms with Crippen LogP contribution in [0.2, 0.25) is 0 Å². The van der Waals surface area contributed by atoms with E-state index in [-0.39, 0.29) is 0 Å². The molecule has 0 saturated carbocycles. The Kier molecular flexibility index (Phi) is 8.37. The van der Waals surface area contributed by atoms with Gasteiger partial charge in [0.2, 0.25) is 18.2 Å². The van der Waals surface area contributed by atoms with Crippen molar-refractivity contribution in [2.24, 2.45) is 9.98 Å². The lowest BCUT2D eigenvalue weighted by atomic mass is 9.95. The van der Waals surface area contributed by atoms with Crippen LogP contribution in [0.25, 0.3) is 0 Å². The van der Waals surface area contributed by atoms with E-state index in [1.807, 2.05) is 60.7 Å². The van der Waals surface area contributed by atoms with E-state index in [9.17, 15) is 9.59 Å². The first kappa shape index (κ1) is 21.1. The molecule has 0 aliphatic heterocycles. The molecule has 0 saturated heterocycles. The Bertz CT molecular complexity index is 989. The summed E-state index contributed by atoms with van der Waals surface area (Å²) in [6, 6.07) is 23.5. The van der Waals surface area contributed by atoms with Crippen LogP contribution in [0, 0.1) is 5.41 Å². The standard InChI is InChI=1S/C22H16N2O2.CHNO/c25-15-23-21-9-5-17(6-10-21)13-19-3-1-2-4-20(19)14-18-7-11-22(12-8-18)24-16-26;2-1-3/h1-12H,13-14H2;2H. The maximum absolute atomic E-state index is 10.3. The highest BCUT2D eigenvalue weighted by Crippen LogP contribution is 2.21. The van der Waals surface area contributed by atoms with Crippen molar-refractivity contribution in [3.63, 3.8) is 0 Å². The molecule has 3 aromatic carbocycles. The molecule has 0 bridgehead atoms. The normalized spacial score (nSPS) is 9.10. The number of aliphatic imine (C=N–C) groups is 2. The Morgan fingerprint density at radius 2 is 0.966 bits per heavy atom. The Hall–Kier alpha value is -4.20. The third kappa shape index (κ3) is 6.79. The van der Waals surface area contributed by atoms with Crippen LogP contribution in [-0.2, 0) is 27.2 Å². The van der Waals surface area contributed by atoms with Gasteiger partial charge in [-0.05, 0) is 59.4 Å². The second-order valence-corrected chi connectivity index (χ2v) is 5.96. The zero-order valence-corrected chi connectivity index (χ0v) is 15.5. The van der Waals surface area contributed by atoms with Crippen molar-refractivity contribution < 1.29 is 14.4 Å². The molecule has 1 N–H and O–H groups in total. The van der Waals surface area contributed by atoms with Crippen LogP contribution in [0.1, 0.15) is 22.3 Å². The average molecular weight is 383 g/mol. The molecule has 29 heavy (non-hydrogen) atoms. The fraction of sp³-hybridized carbons (Fsp3) is 0.0870. The highest BCUT2D eigenvalue weighted by atomic mass is 16.1. The van der Waals surface area contributed by atoms with Gasteiger partial charge in [-0.15, -0.1) is 0 Å². The van der Waals surface area contributed by atoms with Crippen molar-refractivity contribution in [3.05, 3.63) is 95.1 Å². The molecule has 0 aliphatic carbocycles. The van der Waals surface area contributed by atoms with Crippen LogP contribution in [0.15, 0.2) is 82.8 Å². The summed E-state index contributed by atoms with van der Waals surface area (Å²) in [4.78, 5) is 36.2. The van der Waals surface area contributed by atoms with Crippen molar-refractivity contribution in [2.75, 3.05) is 0 Å². The number of isocyanates is 3. The fourth-order valence-corrected chi connectivity index (χ4v) is 2.82. The zero-order chi connectivity index (χ0) is 20.9. The summed E-state index contributed by atoms with van der Waals surface area (Å²) >= 11 is 0. The molecule has 0 unspecified atom stereocenters. The van der Waals surface area contributed by atoms with Crippen molar-refractivity contribution in [1.29, 1.82) is 5.41 Å². The quantitative estimate of drug-likeness (QED) is 0.493. The molecule has 6 heteroatoms. The van der Waals surface area contributed by atoms with E-state index in [0.29, 0.717) is 11.4 Å². The van der Waals surface area contributed by atoms with E-state index < -0.39 is 0 Å². The number of nitrogens with zero attached hydrogens (tertiary/aromatic N) is 2. The zero-order valence-electron chi connectivity index (χ0n) is 15.5. The molecule has 0 aromatic heterocycles. The predicted octanol–water partition coefficient (Wildman–Crippen LogP) is 4.70. The van der Waals surface area contributed by atoms with E-state index in [1.54, 1.807) is 12.2 Å². The lowest BCUT2D eigenvalue weighted by Gasteiger charge is -2.10. The average Bonchev–Trinajstić information content (AvgIpc) is 2.73. The first-order chi connectivity index (χ1) is 14.2. The molecule has 0 spiro atoms. The smallest absolute Gasteiger partial charge is 0.222 e. The van der Waals surface area contributed by atoms with E-state index in [4.69, 9.17) is 10.2 Å². The van der Waals surface area contributed by atoms with E-state index in [1.165, 1.54) is 11.1 Å². The van der Waals surface area contributed by atoms with Gasteiger partial charge in [-0.25, -0.2) is 19.8 Å². The van der Waals surface area contributed by atoms with Crippen LogP contribution >= 0.6 is 0 Å². The van der Waals surface area contributed by atoms with Gasteiger partial charge in [0, 0.05) is 0 Å². The summed E-state index contributed by atoms with van der Waals surface area (Å²) in [7, 11) is 0. The summed E-state index contributed by atoms with van der Waals surface area (Å²) in [5, 5.41) is 5.40. The summed E-state index contributed by atoms with van der Waals surface area (Å²) in [6.07, 6.45) is 5.45. The summed E-state index contributed by atoms with van der Waals surface area (Å²) in [6.45, 7) is 0. The fourth-order valence-electron chi connectivity index (χ4n) is 2.82. The van der Waals surface area contributed by atoms with Gasteiger partial charge in [-0.3, -0.25) is 0 Å². The number of rotatable bonds is 6. The maximum Gasteiger partial charge on any atom is 0.240 e. The van der Waals surface area contributed by atoms with Crippen LogP contribution in [0.4, 0.5) is 11.4 Å². The third-order valence-electron chi connectivity index (χ3n) is 4.13. The van der Waals surface area contributed by atoms with Crippen molar-refractivity contribution in [2.45, 2.75) is 12.8 Å². The first-order valence-corrected chi connectivity index (χ1v) is 8.64. The lowest BCUT2D eigenvalue weighted by molar-refractivity contribution is 0.562. The topological polar surface area (TPSA) is 99.8 Å². The van der Waals surface area contributed by atoms with E-state index >= 15 is 0 Å². The minimum atomic E-state index is 0.607. The Morgan fingerprint density at radius 3 is 1.28 bits per heavy atom. The van der Waals surface area contributed by atoms with Crippen LogP contribution in [0.5, 0.6) is 0 Å². The molecular formula is C23H17N3O3. The lowest BCUT2D eigenvalue weighted by Crippen LogP contribution is -1.97. The van der Waals surface area contributed by atoms with Crippen molar-refractivity contribution >= 4 is 29.6 Å². The Balaban J connectivity index is 0.000000941. The minimum Gasteiger partial charge on any atom is -0.222 e. The van der Waals surface area contributed by atoms with Gasteiger partial charge in [0.25, 0.3) is 0 Å². The third-order valence-corrected chi connectivity index (χ3v) is 4.13. The van der Waals surface area contributed by atoms with Crippen LogP contribution < -0.4 is 0 Å². The summed E-state index contributed by atoms with van der Waals surface area (Å²) in [5.74, 6) is 0. The molecule has 0 amide bonds. The van der Waals surface area contributed by atoms with Crippen LogP contribution in [-0.4, -0.2) is 18.2 Å². The van der Waals surface area contributed by atoms with Crippen molar-refractivity contribution in [3.8, 4) is 0 Å². The number of carbonyl (C=O) groups excluding carboxylic acids is 3. The number of benzene rings is 3. The molecule has 0 fully saturated rings. The van der Waals surface area contributed by atoms with Gasteiger partial charge in [-0.1, -0.05) is 48.5 Å². The van der Waals surface area contributed by atoms with Gasteiger partial charge in [0.15, 0.2) is 0 Å². The minimum absolute atomic E-state index is 0.607. The Labute approximate surface area is 167 Å². The van der Waals surface area contributed by atoms with E-state index in [2.05, 4.69) is 22.1 Å². The molecule has 0 radical (unpaired) electrons. The Morgan fingerprint density at radius 1 is 0.621 bits per heavy atom. The molecule has 3 aromatic rings. The highest BCUT2D eigenvalue weighted by molar-refractivity contribution is 5.51. The number of hydrogen-bond donors (Lipinski definition) is 1. The number of nitrogens with one attached hydrogen (secondary N) is 1. The molecular weight excluding hydrogens is 366 g/mol. The van der Waals surface area contributed by atoms with Gasteiger partial charge in [0.05, 0.1) is 11.4 Å². The highest BCUT2D eigenvalue weighted by Gasteiger charge is 2.05. The molecule has 0 atom stereocenters. The van der Waals surface area contributed by atoms with E-state index in [0.717, 1.165) is 30.0 Å². The molecule has 0 aliphatic rings. The van der Waals surface area contributed by atoms with Gasteiger partial charge in [0.1, 0.15) is 0 Å². The predicted molar refractivity (Wildman–Crippen MR) is 109 cm³/mol. The number of hydrogen-bond acceptors (Lipinski definition) is 6. The molecule has 3 rings (SSSR count). The van der Waals surface area contributed by atoms with Crippen molar-refractivity contribution in [1.82, 2.24) is 0 Å². The van der Waals surface area contributed by atoms with Gasteiger partial charge >= 0.3 is 0 Å². The molecule has 142 valence electrons. The molecule has 6 nitrogen and oxygen atoms in total.